The van der Waals surface area contributed by atoms with Crippen LogP contribution >= 0.6 is 11.3 Å². The van der Waals surface area contributed by atoms with E-state index >= 15 is 0 Å². The number of sulfonamides is 1. The molecule has 1 amide bonds. The van der Waals surface area contributed by atoms with Crippen molar-refractivity contribution < 1.29 is 22.7 Å². The van der Waals surface area contributed by atoms with Crippen LogP contribution < -0.4 is 9.64 Å². The normalized spacial score (nSPS) is 16.5. The molecule has 3 aromatic rings. The Kier molecular flexibility index (Phi) is 6.71. The average molecular weight is 490 g/mol. The fraction of sp³-hybridized carbons (Fsp3) is 0.391. The summed E-state index contributed by atoms with van der Waals surface area (Å²) in [5, 5.41) is 0.558. The van der Waals surface area contributed by atoms with E-state index in [0.29, 0.717) is 29.6 Å². The number of hydrogen-bond donors (Lipinski definition) is 0. The summed E-state index contributed by atoms with van der Waals surface area (Å²) in [6.07, 6.45) is 1.76. The SMILES string of the molecule is COc1ccc(C)c2sc(N(CC3CCCO3)C(=O)c3ccc(S(=O)(=O)N(C)C)cc3)nc12. The van der Waals surface area contributed by atoms with Crippen LogP contribution in [0.1, 0.15) is 28.8 Å². The lowest BCUT2D eigenvalue weighted by Gasteiger charge is -2.23. The van der Waals surface area contributed by atoms with Gasteiger partial charge < -0.3 is 9.47 Å². The van der Waals surface area contributed by atoms with E-state index in [1.165, 1.54) is 37.6 Å². The summed E-state index contributed by atoms with van der Waals surface area (Å²) in [6.45, 7) is 3.05. The number of anilines is 1. The lowest BCUT2D eigenvalue weighted by molar-refractivity contribution is 0.0917. The molecule has 33 heavy (non-hydrogen) atoms. The van der Waals surface area contributed by atoms with Gasteiger partial charge in [-0.05, 0) is 55.7 Å². The number of fused-ring (bicyclic) bond motifs is 1. The highest BCUT2D eigenvalue weighted by molar-refractivity contribution is 7.89. The number of nitrogens with zero attached hydrogens (tertiary/aromatic N) is 3. The van der Waals surface area contributed by atoms with E-state index in [1.54, 1.807) is 24.1 Å². The third kappa shape index (κ3) is 4.61. The molecule has 1 aliphatic heterocycles. The highest BCUT2D eigenvalue weighted by Gasteiger charge is 2.28. The quantitative estimate of drug-likeness (QED) is 0.503. The second kappa shape index (κ2) is 9.38. The molecule has 4 rings (SSSR count). The third-order valence-electron chi connectivity index (χ3n) is 5.68. The zero-order chi connectivity index (χ0) is 23.8. The summed E-state index contributed by atoms with van der Waals surface area (Å²) < 4.78 is 38.1. The molecule has 0 saturated carbocycles. The molecule has 1 atom stereocenters. The standard InChI is InChI=1S/C23H27N3O5S2/c1-15-7-12-19(30-4)20-21(15)32-23(24-20)26(14-17-6-5-13-31-17)22(27)16-8-10-18(11-9-16)33(28,29)25(2)3/h7-12,17H,5-6,13-14H2,1-4H3. The highest BCUT2D eigenvalue weighted by Crippen LogP contribution is 2.37. The van der Waals surface area contributed by atoms with Gasteiger partial charge in [-0.1, -0.05) is 17.4 Å². The molecule has 1 fully saturated rings. The number of rotatable bonds is 7. The number of benzene rings is 2. The molecule has 2 aromatic carbocycles. The van der Waals surface area contributed by atoms with Crippen LogP contribution in [0.3, 0.4) is 0 Å². The van der Waals surface area contributed by atoms with Gasteiger partial charge in [-0.2, -0.15) is 0 Å². The van der Waals surface area contributed by atoms with Gasteiger partial charge in [0.2, 0.25) is 10.0 Å². The number of hydrogen-bond acceptors (Lipinski definition) is 7. The van der Waals surface area contributed by atoms with E-state index in [9.17, 15) is 13.2 Å². The average Bonchev–Trinajstić information content (AvgIpc) is 3.48. The Labute approximate surface area is 197 Å². The van der Waals surface area contributed by atoms with E-state index in [1.807, 2.05) is 19.1 Å². The molecule has 1 aromatic heterocycles. The smallest absolute Gasteiger partial charge is 0.260 e. The molecule has 0 spiro atoms. The molecule has 1 unspecified atom stereocenters. The Bertz CT molecular complexity index is 1260. The monoisotopic (exact) mass is 489 g/mol. The van der Waals surface area contributed by atoms with Crippen molar-refractivity contribution in [2.24, 2.45) is 0 Å². The van der Waals surface area contributed by atoms with E-state index in [-0.39, 0.29) is 16.9 Å². The molecule has 0 radical (unpaired) electrons. The first-order valence-corrected chi connectivity index (χ1v) is 12.9. The predicted molar refractivity (Wildman–Crippen MR) is 129 cm³/mol. The second-order valence-corrected chi connectivity index (χ2v) is 11.3. The van der Waals surface area contributed by atoms with Gasteiger partial charge in [0, 0.05) is 26.3 Å². The maximum absolute atomic E-state index is 13.6. The zero-order valence-electron chi connectivity index (χ0n) is 19.1. The van der Waals surface area contributed by atoms with Crippen LogP contribution in [0.25, 0.3) is 10.2 Å². The number of ether oxygens (including phenoxy) is 2. The number of carbonyl (C=O) groups is 1. The van der Waals surface area contributed by atoms with Gasteiger partial charge in [0.15, 0.2) is 5.13 Å². The van der Waals surface area contributed by atoms with Crippen LogP contribution in [0, 0.1) is 6.92 Å². The van der Waals surface area contributed by atoms with Crippen molar-refractivity contribution in [2.75, 3.05) is 39.3 Å². The summed E-state index contributed by atoms with van der Waals surface area (Å²) in [5.41, 5.74) is 2.15. The summed E-state index contributed by atoms with van der Waals surface area (Å²) in [6, 6.07) is 9.84. The van der Waals surface area contributed by atoms with Crippen molar-refractivity contribution in [1.29, 1.82) is 0 Å². The van der Waals surface area contributed by atoms with Crippen LogP contribution in [0.5, 0.6) is 5.75 Å². The summed E-state index contributed by atoms with van der Waals surface area (Å²) in [4.78, 5) is 20.1. The molecule has 0 N–H and O–H groups in total. The fourth-order valence-corrected chi connectivity index (χ4v) is 5.72. The molecular weight excluding hydrogens is 462 g/mol. The van der Waals surface area contributed by atoms with Crippen LogP contribution in [-0.4, -0.2) is 64.1 Å². The van der Waals surface area contributed by atoms with Crippen molar-refractivity contribution >= 4 is 42.6 Å². The first-order valence-electron chi connectivity index (χ1n) is 10.6. The van der Waals surface area contributed by atoms with Gasteiger partial charge in [0.25, 0.3) is 5.91 Å². The minimum absolute atomic E-state index is 0.0719. The first-order chi connectivity index (χ1) is 15.7. The van der Waals surface area contributed by atoms with Crippen LogP contribution in [0.2, 0.25) is 0 Å². The van der Waals surface area contributed by atoms with Gasteiger partial charge in [0.1, 0.15) is 11.3 Å². The molecule has 1 aliphatic rings. The second-order valence-electron chi connectivity index (χ2n) is 8.12. The van der Waals surface area contributed by atoms with Crippen LogP contribution in [-0.2, 0) is 14.8 Å². The molecule has 1 saturated heterocycles. The number of methoxy groups -OCH3 is 1. The van der Waals surface area contributed by atoms with Gasteiger partial charge in [-0.25, -0.2) is 17.7 Å². The van der Waals surface area contributed by atoms with E-state index in [4.69, 9.17) is 14.5 Å². The summed E-state index contributed by atoms with van der Waals surface area (Å²) in [5.74, 6) is 0.399. The predicted octanol–water partition coefficient (Wildman–Crippen LogP) is 3.69. The summed E-state index contributed by atoms with van der Waals surface area (Å²) in [7, 11) is 0.970. The minimum Gasteiger partial charge on any atom is -0.494 e. The molecule has 0 aliphatic carbocycles. The van der Waals surface area contributed by atoms with Crippen molar-refractivity contribution in [3.63, 3.8) is 0 Å². The van der Waals surface area contributed by atoms with Crippen molar-refractivity contribution in [3.8, 4) is 5.75 Å². The highest BCUT2D eigenvalue weighted by atomic mass is 32.2. The fourth-order valence-electron chi connectivity index (χ4n) is 3.75. The Balaban J connectivity index is 1.73. The Morgan fingerprint density at radius 1 is 1.21 bits per heavy atom. The van der Waals surface area contributed by atoms with Crippen LogP contribution in [0.4, 0.5) is 5.13 Å². The molecule has 2 heterocycles. The number of carbonyl (C=O) groups excluding carboxylic acids is 1. The third-order valence-corrected chi connectivity index (χ3v) is 8.72. The molecular formula is C23H27N3O5S2. The molecule has 10 heteroatoms. The van der Waals surface area contributed by atoms with E-state index < -0.39 is 10.0 Å². The largest absolute Gasteiger partial charge is 0.494 e. The number of aromatic nitrogens is 1. The number of aryl methyl sites for hydroxylation is 1. The van der Waals surface area contributed by atoms with E-state index in [2.05, 4.69) is 0 Å². The van der Waals surface area contributed by atoms with Crippen molar-refractivity contribution in [1.82, 2.24) is 9.29 Å². The lowest BCUT2D eigenvalue weighted by atomic mass is 10.2. The minimum atomic E-state index is -3.58. The topological polar surface area (TPSA) is 89.0 Å². The zero-order valence-corrected chi connectivity index (χ0v) is 20.7. The number of amides is 1. The maximum Gasteiger partial charge on any atom is 0.260 e. The molecule has 8 nitrogen and oxygen atoms in total. The Morgan fingerprint density at radius 2 is 1.94 bits per heavy atom. The van der Waals surface area contributed by atoms with Gasteiger partial charge in [-0.3, -0.25) is 9.69 Å². The van der Waals surface area contributed by atoms with Crippen molar-refractivity contribution in [2.45, 2.75) is 30.8 Å². The first kappa shape index (κ1) is 23.6. The van der Waals surface area contributed by atoms with Gasteiger partial charge in [0.05, 0.1) is 29.4 Å². The molecule has 0 bridgehead atoms. The van der Waals surface area contributed by atoms with E-state index in [0.717, 1.165) is 32.9 Å². The lowest BCUT2D eigenvalue weighted by Crippen LogP contribution is -2.37. The Morgan fingerprint density at radius 3 is 2.55 bits per heavy atom. The van der Waals surface area contributed by atoms with Crippen molar-refractivity contribution in [3.05, 3.63) is 47.5 Å². The van der Waals surface area contributed by atoms with Crippen LogP contribution in [0.15, 0.2) is 41.3 Å². The summed E-state index contributed by atoms with van der Waals surface area (Å²) >= 11 is 1.44. The number of thiazole rings is 1. The van der Waals surface area contributed by atoms with Gasteiger partial charge >= 0.3 is 0 Å². The Hall–Kier alpha value is -2.53. The van der Waals surface area contributed by atoms with Gasteiger partial charge in [-0.15, -0.1) is 0 Å². The molecule has 176 valence electrons. The maximum atomic E-state index is 13.6.